The van der Waals surface area contributed by atoms with Gasteiger partial charge in [0.15, 0.2) is 0 Å². The van der Waals surface area contributed by atoms with Crippen molar-refractivity contribution in [1.82, 2.24) is 14.9 Å². The number of carbonyl (C=O) groups is 2. The zero-order valence-electron chi connectivity index (χ0n) is 18.1. The van der Waals surface area contributed by atoms with E-state index in [1.54, 1.807) is 17.3 Å². The van der Waals surface area contributed by atoms with Gasteiger partial charge in [0.25, 0.3) is 5.91 Å². The summed E-state index contributed by atoms with van der Waals surface area (Å²) >= 11 is 1.41. The molecule has 7 heteroatoms. The molecule has 0 aliphatic carbocycles. The van der Waals surface area contributed by atoms with Crippen LogP contribution >= 0.6 is 11.3 Å². The van der Waals surface area contributed by atoms with Crippen molar-refractivity contribution < 1.29 is 14.3 Å². The number of benzene rings is 1. The number of esters is 1. The molecule has 1 atom stereocenters. The van der Waals surface area contributed by atoms with Crippen LogP contribution in [0.4, 0.5) is 0 Å². The molecule has 6 nitrogen and oxygen atoms in total. The SMILES string of the molecule is CCOC(=O)C1(C/C=C/c2ccccc2)CCCN(C(=O)c2ccc(-c3ncc[nH]3)s2)C1. The Balaban J connectivity index is 1.52. The van der Waals surface area contributed by atoms with Crippen LogP contribution in [0.25, 0.3) is 16.8 Å². The molecular weight excluding hydrogens is 422 g/mol. The van der Waals surface area contributed by atoms with E-state index in [4.69, 9.17) is 4.74 Å². The molecule has 166 valence electrons. The van der Waals surface area contributed by atoms with E-state index in [0.29, 0.717) is 37.4 Å². The highest BCUT2D eigenvalue weighted by Crippen LogP contribution is 2.37. The first-order chi connectivity index (χ1) is 15.6. The number of nitrogens with one attached hydrogen (secondary N) is 1. The first kappa shape index (κ1) is 22.0. The van der Waals surface area contributed by atoms with Crippen LogP contribution in [0.3, 0.4) is 0 Å². The summed E-state index contributed by atoms with van der Waals surface area (Å²) in [6.45, 7) is 3.14. The van der Waals surface area contributed by atoms with Gasteiger partial charge in [-0.05, 0) is 43.9 Å². The lowest BCUT2D eigenvalue weighted by atomic mass is 9.76. The van der Waals surface area contributed by atoms with Crippen molar-refractivity contribution in [1.29, 1.82) is 0 Å². The average Bonchev–Trinajstić information content (AvgIpc) is 3.52. The number of likely N-dealkylation sites (tertiary alicyclic amines) is 1. The summed E-state index contributed by atoms with van der Waals surface area (Å²) in [4.78, 5) is 37.0. The minimum atomic E-state index is -0.726. The largest absolute Gasteiger partial charge is 0.466 e. The maximum Gasteiger partial charge on any atom is 0.314 e. The van der Waals surface area contributed by atoms with E-state index >= 15 is 0 Å². The summed E-state index contributed by atoms with van der Waals surface area (Å²) in [7, 11) is 0. The molecule has 2 aromatic heterocycles. The first-order valence-corrected chi connectivity index (χ1v) is 11.7. The van der Waals surface area contributed by atoms with E-state index in [2.05, 4.69) is 9.97 Å². The smallest absolute Gasteiger partial charge is 0.314 e. The molecule has 1 aliphatic rings. The molecule has 0 radical (unpaired) electrons. The summed E-state index contributed by atoms with van der Waals surface area (Å²) in [5, 5.41) is 0. The molecule has 1 aromatic carbocycles. The molecule has 1 saturated heterocycles. The van der Waals surface area contributed by atoms with Crippen LogP contribution in [-0.2, 0) is 9.53 Å². The molecule has 4 rings (SSSR count). The molecule has 1 fully saturated rings. The van der Waals surface area contributed by atoms with Gasteiger partial charge < -0.3 is 14.6 Å². The Bertz CT molecular complexity index is 1080. The van der Waals surface area contributed by atoms with E-state index in [1.165, 1.54) is 11.3 Å². The van der Waals surface area contributed by atoms with E-state index in [0.717, 1.165) is 22.7 Å². The van der Waals surface area contributed by atoms with Gasteiger partial charge in [-0.2, -0.15) is 0 Å². The van der Waals surface area contributed by atoms with Crippen molar-refractivity contribution in [2.45, 2.75) is 26.2 Å². The van der Waals surface area contributed by atoms with Crippen LogP contribution in [0.5, 0.6) is 0 Å². The molecule has 1 aliphatic heterocycles. The monoisotopic (exact) mass is 449 g/mol. The van der Waals surface area contributed by atoms with Gasteiger partial charge in [0, 0.05) is 25.5 Å². The summed E-state index contributed by atoms with van der Waals surface area (Å²) in [5.74, 6) is 0.477. The fourth-order valence-corrected chi connectivity index (χ4v) is 5.06. The second-order valence-corrected chi connectivity index (χ2v) is 9.03. The third kappa shape index (κ3) is 4.83. The first-order valence-electron chi connectivity index (χ1n) is 10.9. The third-order valence-corrected chi connectivity index (χ3v) is 6.82. The third-order valence-electron chi connectivity index (χ3n) is 5.74. The van der Waals surface area contributed by atoms with Crippen LogP contribution < -0.4 is 0 Å². The lowest BCUT2D eigenvalue weighted by Gasteiger charge is -2.40. The molecule has 1 unspecified atom stereocenters. The molecule has 1 amide bonds. The van der Waals surface area contributed by atoms with Crippen molar-refractivity contribution >= 4 is 29.3 Å². The second-order valence-electron chi connectivity index (χ2n) is 7.95. The predicted octanol–water partition coefficient (Wildman–Crippen LogP) is 5.03. The number of aromatic nitrogens is 2. The van der Waals surface area contributed by atoms with E-state index in [-0.39, 0.29) is 11.9 Å². The number of amides is 1. The topological polar surface area (TPSA) is 75.3 Å². The number of allylic oxidation sites excluding steroid dienone is 1. The number of carbonyl (C=O) groups excluding carboxylic acids is 2. The van der Waals surface area contributed by atoms with Crippen LogP contribution in [0.2, 0.25) is 0 Å². The van der Waals surface area contributed by atoms with Gasteiger partial charge in [0.05, 0.1) is 21.8 Å². The highest BCUT2D eigenvalue weighted by atomic mass is 32.1. The fourth-order valence-electron chi connectivity index (χ4n) is 4.13. The highest BCUT2D eigenvalue weighted by Gasteiger charge is 2.44. The standard InChI is InChI=1S/C25H27N3O3S/c1-2-31-24(30)25(13-6-10-19-8-4-3-5-9-19)14-7-17-28(18-25)23(29)21-12-11-20(32-21)22-26-15-16-27-22/h3-6,8-12,15-16H,2,7,13-14,17-18H2,1H3,(H,26,27)/b10-6+. The Morgan fingerprint density at radius 1 is 1.25 bits per heavy atom. The molecule has 32 heavy (non-hydrogen) atoms. The number of aromatic amines is 1. The molecule has 3 heterocycles. The predicted molar refractivity (Wildman–Crippen MR) is 126 cm³/mol. The van der Waals surface area contributed by atoms with Crippen molar-refractivity contribution in [3.63, 3.8) is 0 Å². The number of rotatable bonds is 7. The number of thiophene rings is 1. The second kappa shape index (κ2) is 9.96. The Labute approximate surface area is 191 Å². The zero-order chi connectivity index (χ0) is 22.4. The fraction of sp³-hybridized carbons (Fsp3) is 0.320. The molecule has 0 spiro atoms. The molecule has 0 bridgehead atoms. The Hall–Kier alpha value is -3.19. The van der Waals surface area contributed by atoms with Crippen molar-refractivity contribution in [2.24, 2.45) is 5.41 Å². The number of hydrogen-bond donors (Lipinski definition) is 1. The minimum Gasteiger partial charge on any atom is -0.466 e. The Morgan fingerprint density at radius 2 is 2.09 bits per heavy atom. The normalized spacial score (nSPS) is 18.7. The number of nitrogens with zero attached hydrogens (tertiary/aromatic N) is 2. The van der Waals surface area contributed by atoms with Gasteiger partial charge in [0.2, 0.25) is 0 Å². The molecule has 0 saturated carbocycles. The summed E-state index contributed by atoms with van der Waals surface area (Å²) in [6, 6.07) is 13.7. The lowest BCUT2D eigenvalue weighted by molar-refractivity contribution is -0.158. The van der Waals surface area contributed by atoms with E-state index in [9.17, 15) is 9.59 Å². The lowest BCUT2D eigenvalue weighted by Crippen LogP contribution is -2.50. The average molecular weight is 450 g/mol. The number of hydrogen-bond acceptors (Lipinski definition) is 5. The van der Waals surface area contributed by atoms with Crippen molar-refractivity contribution in [2.75, 3.05) is 19.7 Å². The van der Waals surface area contributed by atoms with Gasteiger partial charge in [0.1, 0.15) is 5.82 Å². The maximum absolute atomic E-state index is 13.3. The molecule has 1 N–H and O–H groups in total. The number of ether oxygens (including phenoxy) is 1. The van der Waals surface area contributed by atoms with E-state index in [1.807, 2.05) is 61.5 Å². The summed E-state index contributed by atoms with van der Waals surface area (Å²) in [5.41, 5.74) is 0.357. The maximum atomic E-state index is 13.3. The summed E-state index contributed by atoms with van der Waals surface area (Å²) in [6.07, 6.45) is 9.51. The zero-order valence-corrected chi connectivity index (χ0v) is 18.9. The highest BCUT2D eigenvalue weighted by molar-refractivity contribution is 7.17. The Morgan fingerprint density at radius 3 is 2.84 bits per heavy atom. The number of H-pyrrole nitrogens is 1. The van der Waals surface area contributed by atoms with Gasteiger partial charge in [-0.15, -0.1) is 11.3 Å². The van der Waals surface area contributed by atoms with Crippen LogP contribution in [-0.4, -0.2) is 46.4 Å². The number of piperidine rings is 1. The van der Waals surface area contributed by atoms with Crippen molar-refractivity contribution in [3.8, 4) is 10.7 Å². The Kier molecular flexibility index (Phi) is 6.85. The van der Waals surface area contributed by atoms with Crippen LogP contribution in [0.1, 0.15) is 41.4 Å². The summed E-state index contributed by atoms with van der Waals surface area (Å²) < 4.78 is 5.45. The van der Waals surface area contributed by atoms with Gasteiger partial charge in [-0.1, -0.05) is 42.5 Å². The minimum absolute atomic E-state index is 0.0479. The molecule has 3 aromatic rings. The molecular formula is C25H27N3O3S. The van der Waals surface area contributed by atoms with E-state index < -0.39 is 5.41 Å². The van der Waals surface area contributed by atoms with Gasteiger partial charge in [-0.3, -0.25) is 9.59 Å². The van der Waals surface area contributed by atoms with Crippen LogP contribution in [0.15, 0.2) is 60.9 Å². The number of imidazole rings is 1. The quantitative estimate of drug-likeness (QED) is 0.514. The van der Waals surface area contributed by atoms with Crippen molar-refractivity contribution in [3.05, 3.63) is 71.4 Å². The van der Waals surface area contributed by atoms with Gasteiger partial charge >= 0.3 is 5.97 Å². The van der Waals surface area contributed by atoms with Crippen LogP contribution in [0, 0.1) is 5.41 Å². The van der Waals surface area contributed by atoms with Gasteiger partial charge in [-0.25, -0.2) is 4.98 Å².